The number of carbonyl (C=O) groups is 2. The van der Waals surface area contributed by atoms with Gasteiger partial charge in [0.05, 0.1) is 25.7 Å². The summed E-state index contributed by atoms with van der Waals surface area (Å²) in [6.07, 6.45) is 0.844. The second kappa shape index (κ2) is 8.08. The molecule has 0 bridgehead atoms. The highest BCUT2D eigenvalue weighted by Crippen LogP contribution is 2.29. The lowest BCUT2D eigenvalue weighted by atomic mass is 10.1. The van der Waals surface area contributed by atoms with Gasteiger partial charge in [-0.15, -0.1) is 10.2 Å². The molecule has 1 aliphatic rings. The number of ether oxygens (including phenoxy) is 1. The Labute approximate surface area is 172 Å². The van der Waals surface area contributed by atoms with Gasteiger partial charge in [0.2, 0.25) is 11.8 Å². The van der Waals surface area contributed by atoms with Crippen LogP contribution in [0.15, 0.2) is 52.1 Å². The lowest BCUT2D eigenvalue weighted by molar-refractivity contribution is -0.117. The number of aromatic nitrogens is 2. The van der Waals surface area contributed by atoms with E-state index in [1.165, 1.54) is 11.8 Å². The fourth-order valence-electron chi connectivity index (χ4n) is 3.14. The van der Waals surface area contributed by atoms with Gasteiger partial charge in [0.1, 0.15) is 5.75 Å². The molecule has 2 heterocycles. The van der Waals surface area contributed by atoms with E-state index in [1.807, 2.05) is 30.3 Å². The quantitative estimate of drug-likeness (QED) is 0.438. The Morgan fingerprint density at radius 2 is 2.00 bits per heavy atom. The topological polar surface area (TPSA) is 85.5 Å². The summed E-state index contributed by atoms with van der Waals surface area (Å²) in [7, 11) is 3.36. The van der Waals surface area contributed by atoms with Crippen molar-refractivity contribution in [1.29, 1.82) is 0 Å². The van der Waals surface area contributed by atoms with E-state index in [0.29, 0.717) is 29.5 Å². The number of likely N-dealkylation sites (N-methyl/N-ethyl adjacent to an activating group) is 1. The third-order valence-electron chi connectivity index (χ3n) is 4.77. The molecule has 8 heteroatoms. The standard InChI is InChI=1S/C21H19N3O4S/c1-24-17-8-5-14(10-15(17)11-20(24)26)18(25)12-29-21-23-22-19(28-21)9-13-3-6-16(27-2)7-4-13/h3-8,10H,9,11-12H2,1-2H3. The van der Waals surface area contributed by atoms with Crippen molar-refractivity contribution in [2.24, 2.45) is 0 Å². The monoisotopic (exact) mass is 409 g/mol. The number of thioether (sulfide) groups is 1. The highest BCUT2D eigenvalue weighted by Gasteiger charge is 2.24. The Kier molecular flexibility index (Phi) is 5.35. The van der Waals surface area contributed by atoms with Crippen LogP contribution in [0, 0.1) is 0 Å². The molecule has 0 aliphatic carbocycles. The summed E-state index contributed by atoms with van der Waals surface area (Å²) < 4.78 is 10.8. The predicted molar refractivity (Wildman–Crippen MR) is 109 cm³/mol. The van der Waals surface area contributed by atoms with Crippen molar-refractivity contribution in [3.63, 3.8) is 0 Å². The van der Waals surface area contributed by atoms with Crippen molar-refractivity contribution in [3.05, 3.63) is 65.0 Å². The zero-order valence-corrected chi connectivity index (χ0v) is 16.9. The minimum Gasteiger partial charge on any atom is -0.497 e. The maximum atomic E-state index is 12.5. The van der Waals surface area contributed by atoms with Gasteiger partial charge in [-0.1, -0.05) is 23.9 Å². The molecule has 0 saturated carbocycles. The van der Waals surface area contributed by atoms with E-state index in [9.17, 15) is 9.59 Å². The number of anilines is 1. The molecule has 3 aromatic rings. The van der Waals surface area contributed by atoms with Crippen LogP contribution >= 0.6 is 11.8 Å². The second-order valence-electron chi connectivity index (χ2n) is 6.67. The molecule has 0 radical (unpaired) electrons. The zero-order valence-electron chi connectivity index (χ0n) is 16.0. The van der Waals surface area contributed by atoms with E-state index in [0.717, 1.165) is 22.6 Å². The van der Waals surface area contributed by atoms with Crippen LogP contribution in [-0.4, -0.2) is 41.8 Å². The Morgan fingerprint density at radius 3 is 2.76 bits per heavy atom. The SMILES string of the molecule is COc1ccc(Cc2nnc(SCC(=O)c3ccc4c(c3)CC(=O)N4C)o2)cc1. The zero-order chi connectivity index (χ0) is 20.4. The number of Topliss-reactive ketones (excluding diaryl/α,β-unsaturated/α-hetero) is 1. The van der Waals surface area contributed by atoms with E-state index in [-0.39, 0.29) is 17.4 Å². The van der Waals surface area contributed by atoms with Gasteiger partial charge >= 0.3 is 0 Å². The summed E-state index contributed by atoms with van der Waals surface area (Å²) in [4.78, 5) is 25.9. The average Bonchev–Trinajstić information content (AvgIpc) is 3.30. The first kappa shape index (κ1) is 19.2. The fourth-order valence-corrected chi connectivity index (χ4v) is 3.82. The minimum absolute atomic E-state index is 0.0363. The lowest BCUT2D eigenvalue weighted by Crippen LogP contribution is -2.20. The Bertz CT molecular complexity index is 1060. The number of benzene rings is 2. The molecule has 4 rings (SSSR count). The van der Waals surface area contributed by atoms with Crippen LogP contribution in [0.4, 0.5) is 5.69 Å². The van der Waals surface area contributed by atoms with Crippen LogP contribution < -0.4 is 9.64 Å². The summed E-state index contributed by atoms with van der Waals surface area (Å²) in [6, 6.07) is 13.0. The molecular formula is C21H19N3O4S. The van der Waals surface area contributed by atoms with Gasteiger partial charge in [-0.05, 0) is 41.5 Å². The largest absolute Gasteiger partial charge is 0.497 e. The van der Waals surface area contributed by atoms with E-state index < -0.39 is 0 Å². The number of hydrogen-bond donors (Lipinski definition) is 0. The molecule has 0 fully saturated rings. The fraction of sp³-hybridized carbons (Fsp3) is 0.238. The highest BCUT2D eigenvalue weighted by molar-refractivity contribution is 7.99. The van der Waals surface area contributed by atoms with Gasteiger partial charge < -0.3 is 14.1 Å². The normalized spacial score (nSPS) is 12.9. The second-order valence-corrected chi connectivity index (χ2v) is 7.60. The van der Waals surface area contributed by atoms with Gasteiger partial charge in [0.25, 0.3) is 5.22 Å². The van der Waals surface area contributed by atoms with Gasteiger partial charge in [0, 0.05) is 18.3 Å². The van der Waals surface area contributed by atoms with Crippen molar-refractivity contribution in [2.45, 2.75) is 18.1 Å². The molecule has 29 heavy (non-hydrogen) atoms. The number of fused-ring (bicyclic) bond motifs is 1. The van der Waals surface area contributed by atoms with Crippen molar-refractivity contribution >= 4 is 29.1 Å². The molecule has 2 aromatic carbocycles. The molecule has 0 unspecified atom stereocenters. The predicted octanol–water partition coefficient (Wildman–Crippen LogP) is 3.16. The molecule has 148 valence electrons. The molecule has 0 saturated heterocycles. The number of amides is 1. The molecule has 7 nitrogen and oxygen atoms in total. The molecular weight excluding hydrogens is 390 g/mol. The van der Waals surface area contributed by atoms with Crippen LogP contribution in [0.25, 0.3) is 0 Å². The van der Waals surface area contributed by atoms with Crippen LogP contribution in [0.3, 0.4) is 0 Å². The first-order valence-corrected chi connectivity index (χ1v) is 10.0. The van der Waals surface area contributed by atoms with Crippen molar-refractivity contribution < 1.29 is 18.7 Å². The number of rotatable bonds is 7. The van der Waals surface area contributed by atoms with Gasteiger partial charge in [-0.3, -0.25) is 9.59 Å². The molecule has 0 atom stereocenters. The highest BCUT2D eigenvalue weighted by atomic mass is 32.2. The van der Waals surface area contributed by atoms with E-state index in [4.69, 9.17) is 9.15 Å². The lowest BCUT2D eigenvalue weighted by Gasteiger charge is -2.10. The van der Waals surface area contributed by atoms with Crippen LogP contribution in [0.5, 0.6) is 5.75 Å². The first-order chi connectivity index (χ1) is 14.0. The van der Waals surface area contributed by atoms with Crippen molar-refractivity contribution in [3.8, 4) is 5.75 Å². The molecule has 1 amide bonds. The van der Waals surface area contributed by atoms with E-state index in [1.54, 1.807) is 31.2 Å². The van der Waals surface area contributed by atoms with Crippen LogP contribution in [-0.2, 0) is 17.6 Å². The molecule has 0 spiro atoms. The number of methoxy groups -OCH3 is 1. The molecule has 1 aromatic heterocycles. The number of ketones is 1. The van der Waals surface area contributed by atoms with Crippen molar-refractivity contribution in [1.82, 2.24) is 10.2 Å². The van der Waals surface area contributed by atoms with Gasteiger partial charge in [-0.25, -0.2) is 0 Å². The number of carbonyl (C=O) groups excluding carboxylic acids is 2. The molecule has 1 aliphatic heterocycles. The number of hydrogen-bond acceptors (Lipinski definition) is 7. The van der Waals surface area contributed by atoms with Gasteiger partial charge in [0.15, 0.2) is 5.78 Å². The van der Waals surface area contributed by atoms with Crippen molar-refractivity contribution in [2.75, 3.05) is 24.8 Å². The molecule has 0 N–H and O–H groups in total. The Hall–Kier alpha value is -3.13. The van der Waals surface area contributed by atoms with Crippen LogP contribution in [0.2, 0.25) is 0 Å². The third kappa shape index (κ3) is 4.17. The summed E-state index contributed by atoms with van der Waals surface area (Å²) in [5.74, 6) is 1.46. The minimum atomic E-state index is -0.0466. The van der Waals surface area contributed by atoms with E-state index in [2.05, 4.69) is 10.2 Å². The van der Waals surface area contributed by atoms with Gasteiger partial charge in [-0.2, -0.15) is 0 Å². The maximum absolute atomic E-state index is 12.5. The van der Waals surface area contributed by atoms with Crippen LogP contribution in [0.1, 0.15) is 27.4 Å². The Balaban J connectivity index is 1.35. The summed E-state index contributed by atoms with van der Waals surface area (Å²) in [5.41, 5.74) is 3.35. The summed E-state index contributed by atoms with van der Waals surface area (Å²) in [6.45, 7) is 0. The Morgan fingerprint density at radius 1 is 1.21 bits per heavy atom. The average molecular weight is 409 g/mol. The maximum Gasteiger partial charge on any atom is 0.277 e. The first-order valence-electron chi connectivity index (χ1n) is 9.04. The third-order valence-corrected chi connectivity index (χ3v) is 5.59. The van der Waals surface area contributed by atoms with E-state index >= 15 is 0 Å². The smallest absolute Gasteiger partial charge is 0.277 e. The summed E-state index contributed by atoms with van der Waals surface area (Å²) >= 11 is 1.21. The number of nitrogens with zero attached hydrogens (tertiary/aromatic N) is 3. The summed E-state index contributed by atoms with van der Waals surface area (Å²) in [5, 5.41) is 8.41.